The van der Waals surface area contributed by atoms with Gasteiger partial charge in [-0.1, -0.05) is 11.6 Å². The van der Waals surface area contributed by atoms with Gasteiger partial charge in [0.15, 0.2) is 11.4 Å². The number of nitrogens with zero attached hydrogens (tertiary/aromatic N) is 3. The standard InChI is InChI=1S/C29H38ClN3O6S/c1-4-36-24(34)17-22-23(13-8-19(18-31)26(22)30)32-27(35)29(2,3)33(28(32)40)20-9-11-21(12-10-20)37-15-16-39-25-7-5-6-14-38-25/h8,13,20-21,25H,4-7,9-12,14-17H2,1-3H3. The summed E-state index contributed by atoms with van der Waals surface area (Å²) in [6, 6.07) is 5.28. The van der Waals surface area contributed by atoms with Crippen molar-refractivity contribution in [1.29, 1.82) is 5.26 Å². The zero-order chi connectivity index (χ0) is 28.9. The van der Waals surface area contributed by atoms with Crippen LogP contribution < -0.4 is 4.90 Å². The predicted octanol–water partition coefficient (Wildman–Crippen LogP) is 4.90. The molecule has 1 aromatic rings. The Balaban J connectivity index is 1.43. The molecule has 2 heterocycles. The SMILES string of the molecule is CCOC(=O)Cc1c(N2C(=O)C(C)(C)N(C3CCC(OCCOC4CCCCO4)CC3)C2=S)ccc(C#N)c1Cl. The van der Waals surface area contributed by atoms with Gasteiger partial charge >= 0.3 is 5.97 Å². The van der Waals surface area contributed by atoms with Gasteiger partial charge in [0.05, 0.1) is 48.6 Å². The van der Waals surface area contributed by atoms with Gasteiger partial charge in [-0.15, -0.1) is 0 Å². The molecule has 3 aliphatic rings. The molecule has 9 nitrogen and oxygen atoms in total. The van der Waals surface area contributed by atoms with Crippen LogP contribution in [0, 0.1) is 11.3 Å². The first-order valence-electron chi connectivity index (χ1n) is 14.1. The number of benzene rings is 1. The van der Waals surface area contributed by atoms with Crippen LogP contribution in [0.4, 0.5) is 5.69 Å². The van der Waals surface area contributed by atoms with Crippen molar-refractivity contribution in [3.63, 3.8) is 0 Å². The van der Waals surface area contributed by atoms with Crippen molar-refractivity contribution in [1.82, 2.24) is 4.90 Å². The predicted molar refractivity (Wildman–Crippen MR) is 154 cm³/mol. The number of thiocarbonyl (C=S) groups is 1. The Morgan fingerprint density at radius 1 is 1.18 bits per heavy atom. The maximum atomic E-state index is 13.8. The minimum Gasteiger partial charge on any atom is -0.466 e. The Morgan fingerprint density at radius 2 is 1.90 bits per heavy atom. The summed E-state index contributed by atoms with van der Waals surface area (Å²) in [5.74, 6) is -0.701. The minimum atomic E-state index is -0.898. The molecule has 1 aromatic carbocycles. The number of anilines is 1. The lowest BCUT2D eigenvalue weighted by molar-refractivity contribution is -0.172. The third-order valence-electron chi connectivity index (χ3n) is 7.82. The summed E-state index contributed by atoms with van der Waals surface area (Å²) >= 11 is 12.4. The molecule has 40 heavy (non-hydrogen) atoms. The molecule has 2 saturated heterocycles. The summed E-state index contributed by atoms with van der Waals surface area (Å²) in [6.07, 6.45) is 6.36. The van der Waals surface area contributed by atoms with Gasteiger partial charge in [-0.3, -0.25) is 14.5 Å². The maximum absolute atomic E-state index is 13.8. The van der Waals surface area contributed by atoms with Gasteiger partial charge in [0.25, 0.3) is 5.91 Å². The van der Waals surface area contributed by atoms with Gasteiger partial charge in [-0.25, -0.2) is 0 Å². The molecule has 3 fully saturated rings. The number of ether oxygens (including phenoxy) is 4. The van der Waals surface area contributed by atoms with Gasteiger partial charge < -0.3 is 23.8 Å². The van der Waals surface area contributed by atoms with E-state index in [4.69, 9.17) is 42.8 Å². The van der Waals surface area contributed by atoms with Crippen LogP contribution in [0.5, 0.6) is 0 Å². The van der Waals surface area contributed by atoms with Gasteiger partial charge in [0.1, 0.15) is 11.6 Å². The number of carbonyl (C=O) groups excluding carboxylic acids is 2. The summed E-state index contributed by atoms with van der Waals surface area (Å²) in [5, 5.41) is 9.99. The molecule has 218 valence electrons. The Hall–Kier alpha value is -2.29. The average Bonchev–Trinajstić information content (AvgIpc) is 3.12. The summed E-state index contributed by atoms with van der Waals surface area (Å²) < 4.78 is 22.6. The number of esters is 1. The molecule has 0 radical (unpaired) electrons. The van der Waals surface area contributed by atoms with Crippen molar-refractivity contribution in [2.45, 2.75) is 96.1 Å². The molecule has 11 heteroatoms. The van der Waals surface area contributed by atoms with Crippen molar-refractivity contribution in [2.24, 2.45) is 0 Å². The number of nitriles is 1. The molecule has 4 rings (SSSR count). The molecule has 0 spiro atoms. The van der Waals surface area contributed by atoms with Crippen molar-refractivity contribution < 1.29 is 28.5 Å². The van der Waals surface area contributed by atoms with Crippen molar-refractivity contribution in [3.8, 4) is 6.07 Å². The fourth-order valence-corrected chi connectivity index (χ4v) is 6.60. The van der Waals surface area contributed by atoms with Crippen LogP contribution in [0.2, 0.25) is 5.02 Å². The Kier molecular flexibility index (Phi) is 10.4. The van der Waals surface area contributed by atoms with Crippen LogP contribution in [0.1, 0.15) is 76.8 Å². The third-order valence-corrected chi connectivity index (χ3v) is 8.63. The highest BCUT2D eigenvalue weighted by atomic mass is 35.5. The quantitative estimate of drug-likeness (QED) is 0.213. The molecular formula is C29H38ClN3O6S. The average molecular weight is 592 g/mol. The van der Waals surface area contributed by atoms with E-state index in [-0.39, 0.29) is 48.0 Å². The van der Waals surface area contributed by atoms with E-state index in [2.05, 4.69) is 0 Å². The first kappa shape index (κ1) is 30.7. The van der Waals surface area contributed by atoms with Gasteiger partial charge in [-0.2, -0.15) is 5.26 Å². The lowest BCUT2D eigenvalue weighted by Crippen LogP contribution is -2.51. The van der Waals surface area contributed by atoms with E-state index in [0.29, 0.717) is 29.6 Å². The third kappa shape index (κ3) is 6.60. The zero-order valence-electron chi connectivity index (χ0n) is 23.4. The van der Waals surface area contributed by atoms with Crippen LogP contribution in [0.15, 0.2) is 12.1 Å². The molecule has 1 unspecified atom stereocenters. The first-order chi connectivity index (χ1) is 19.2. The van der Waals surface area contributed by atoms with Gasteiger partial charge in [0, 0.05) is 18.2 Å². The first-order valence-corrected chi connectivity index (χ1v) is 14.9. The second-order valence-electron chi connectivity index (χ2n) is 10.8. The Labute approximate surface area is 246 Å². The monoisotopic (exact) mass is 591 g/mol. The van der Waals surface area contributed by atoms with E-state index >= 15 is 0 Å². The molecule has 0 aromatic heterocycles. The molecular weight excluding hydrogens is 554 g/mol. The number of amides is 1. The van der Waals surface area contributed by atoms with Crippen molar-refractivity contribution in [2.75, 3.05) is 31.3 Å². The Bertz CT molecular complexity index is 1140. The zero-order valence-corrected chi connectivity index (χ0v) is 25.0. The van der Waals surface area contributed by atoms with E-state index < -0.39 is 11.5 Å². The van der Waals surface area contributed by atoms with Crippen LogP contribution in [-0.4, -0.2) is 72.3 Å². The summed E-state index contributed by atoms with van der Waals surface area (Å²) in [5.41, 5.74) is 0.0747. The van der Waals surface area contributed by atoms with Crippen molar-refractivity contribution >= 4 is 46.5 Å². The number of rotatable bonds is 10. The molecule has 2 aliphatic heterocycles. The number of carbonyl (C=O) groups is 2. The number of hydrogen-bond acceptors (Lipinski definition) is 8. The normalized spacial score (nSPS) is 24.7. The molecule has 0 N–H and O–H groups in total. The fraction of sp³-hybridized carbons (Fsp3) is 0.655. The largest absolute Gasteiger partial charge is 0.466 e. The van der Waals surface area contributed by atoms with Gasteiger partial charge in [0.2, 0.25) is 0 Å². The van der Waals surface area contributed by atoms with E-state index in [1.807, 2.05) is 24.8 Å². The topological polar surface area (TPSA) is 101 Å². The maximum Gasteiger partial charge on any atom is 0.310 e. The van der Waals surface area contributed by atoms with Crippen molar-refractivity contribution in [3.05, 3.63) is 28.3 Å². The summed E-state index contributed by atoms with van der Waals surface area (Å²) in [7, 11) is 0. The minimum absolute atomic E-state index is 0.0607. The smallest absolute Gasteiger partial charge is 0.310 e. The highest BCUT2D eigenvalue weighted by Gasteiger charge is 2.52. The summed E-state index contributed by atoms with van der Waals surface area (Å²) in [4.78, 5) is 29.7. The highest BCUT2D eigenvalue weighted by molar-refractivity contribution is 7.80. The van der Waals surface area contributed by atoms with Crippen LogP contribution >= 0.6 is 23.8 Å². The molecule has 1 atom stereocenters. The van der Waals surface area contributed by atoms with E-state index in [1.165, 1.54) is 4.90 Å². The molecule has 1 aliphatic carbocycles. The van der Waals surface area contributed by atoms with Gasteiger partial charge in [-0.05, 0) is 90.1 Å². The van der Waals surface area contributed by atoms with Crippen LogP contribution in [0.25, 0.3) is 0 Å². The summed E-state index contributed by atoms with van der Waals surface area (Å²) in [6.45, 7) is 7.45. The Morgan fingerprint density at radius 3 is 2.55 bits per heavy atom. The van der Waals surface area contributed by atoms with Crippen LogP contribution in [-0.2, 0) is 35.0 Å². The second kappa shape index (κ2) is 13.6. The fourth-order valence-electron chi connectivity index (χ4n) is 5.77. The van der Waals surface area contributed by atoms with E-state index in [9.17, 15) is 14.9 Å². The highest BCUT2D eigenvalue weighted by Crippen LogP contribution is 2.41. The van der Waals surface area contributed by atoms with Crippen LogP contribution in [0.3, 0.4) is 0 Å². The molecule has 1 amide bonds. The molecule has 0 bridgehead atoms. The van der Waals surface area contributed by atoms with E-state index in [1.54, 1.807) is 19.1 Å². The second-order valence-corrected chi connectivity index (χ2v) is 11.6. The lowest BCUT2D eigenvalue weighted by atomic mass is 9.89. The lowest BCUT2D eigenvalue weighted by Gasteiger charge is -2.40. The molecule has 1 saturated carbocycles. The number of halogens is 1. The number of hydrogen-bond donors (Lipinski definition) is 0. The van der Waals surface area contributed by atoms with E-state index in [0.717, 1.165) is 51.6 Å².